The molecule has 5 rings (SSSR count). The molecule has 4 nitrogen and oxygen atoms in total. The van der Waals surface area contributed by atoms with Crippen LogP contribution >= 0.6 is 0 Å². The lowest BCUT2D eigenvalue weighted by atomic mass is 9.85. The van der Waals surface area contributed by atoms with Gasteiger partial charge in [-0.05, 0) is 36.6 Å². The molecule has 142 valence electrons. The van der Waals surface area contributed by atoms with E-state index in [1.165, 1.54) is 6.92 Å². The van der Waals surface area contributed by atoms with Gasteiger partial charge in [-0.1, -0.05) is 43.3 Å². The minimum Gasteiger partial charge on any atom is -0.462 e. The molecule has 0 saturated carbocycles. The van der Waals surface area contributed by atoms with Gasteiger partial charge in [0.05, 0.1) is 19.8 Å². The number of benzene rings is 2. The molecule has 3 heterocycles. The summed E-state index contributed by atoms with van der Waals surface area (Å²) in [6.45, 7) is 5.43. The molecule has 3 aliphatic heterocycles. The van der Waals surface area contributed by atoms with Crippen molar-refractivity contribution in [3.63, 3.8) is 0 Å². The first-order valence-electron chi connectivity index (χ1n) is 9.16. The lowest BCUT2D eigenvalue weighted by Crippen LogP contribution is -2.58. The van der Waals surface area contributed by atoms with E-state index < -0.39 is 5.97 Å². The SMILES string of the molecule is CCC12COC(c3ccc(-c4ccc(O/C=C(/C)F)cc4)cc3)(OC1)OC2. The van der Waals surface area contributed by atoms with E-state index in [4.69, 9.17) is 18.9 Å². The number of hydrogen-bond acceptors (Lipinski definition) is 4. The highest BCUT2D eigenvalue weighted by molar-refractivity contribution is 5.64. The van der Waals surface area contributed by atoms with E-state index in [2.05, 4.69) is 6.92 Å². The number of rotatable bonds is 5. The van der Waals surface area contributed by atoms with Gasteiger partial charge >= 0.3 is 5.97 Å². The number of allylic oxidation sites excluding steroid dienone is 1. The molecule has 0 aromatic heterocycles. The molecule has 2 bridgehead atoms. The quantitative estimate of drug-likeness (QED) is 0.683. The monoisotopic (exact) mass is 370 g/mol. The summed E-state index contributed by atoms with van der Waals surface area (Å²) < 4.78 is 35.8. The highest BCUT2D eigenvalue weighted by atomic mass is 19.1. The van der Waals surface area contributed by atoms with E-state index in [1.807, 2.05) is 48.5 Å². The van der Waals surface area contributed by atoms with Crippen LogP contribution in [-0.2, 0) is 20.2 Å². The molecule has 27 heavy (non-hydrogen) atoms. The second kappa shape index (κ2) is 7.08. The van der Waals surface area contributed by atoms with Gasteiger partial charge in [-0.2, -0.15) is 0 Å². The van der Waals surface area contributed by atoms with Crippen molar-refractivity contribution in [2.75, 3.05) is 19.8 Å². The van der Waals surface area contributed by atoms with Crippen molar-refractivity contribution < 1.29 is 23.3 Å². The van der Waals surface area contributed by atoms with Crippen LogP contribution in [0.5, 0.6) is 5.75 Å². The highest BCUT2D eigenvalue weighted by Gasteiger charge is 2.52. The molecule has 0 spiro atoms. The van der Waals surface area contributed by atoms with Crippen LogP contribution in [0.4, 0.5) is 4.39 Å². The van der Waals surface area contributed by atoms with Crippen LogP contribution in [0.2, 0.25) is 0 Å². The molecule has 2 aromatic carbocycles. The molecule has 3 aliphatic rings. The molecule has 0 unspecified atom stereocenters. The minimum atomic E-state index is -1.08. The van der Waals surface area contributed by atoms with Crippen molar-refractivity contribution in [3.05, 3.63) is 66.2 Å². The summed E-state index contributed by atoms with van der Waals surface area (Å²) >= 11 is 0. The maximum Gasteiger partial charge on any atom is 0.312 e. The first kappa shape index (κ1) is 18.2. The number of halogens is 1. The average Bonchev–Trinajstić information content (AvgIpc) is 2.74. The summed E-state index contributed by atoms with van der Waals surface area (Å²) in [7, 11) is 0. The standard InChI is InChI=1S/C22H23FO4/c1-3-21-13-25-22(26-14-21,27-15-21)19-8-4-17(5-9-19)18-6-10-20(11-7-18)24-12-16(2)23/h4-12H,3,13-15H2,1-2H3/b16-12-. The largest absolute Gasteiger partial charge is 0.462 e. The maximum atomic E-state index is 12.7. The summed E-state index contributed by atoms with van der Waals surface area (Å²) in [5.74, 6) is -0.864. The third kappa shape index (κ3) is 3.50. The highest BCUT2D eigenvalue weighted by Crippen LogP contribution is 2.45. The zero-order valence-corrected chi connectivity index (χ0v) is 15.5. The second-order valence-electron chi connectivity index (χ2n) is 7.20. The lowest BCUT2D eigenvalue weighted by molar-refractivity contribution is -0.480. The summed E-state index contributed by atoms with van der Waals surface area (Å²) in [4.78, 5) is 0. The Labute approximate surface area is 158 Å². The zero-order chi connectivity index (χ0) is 18.9. The average molecular weight is 370 g/mol. The predicted molar refractivity (Wildman–Crippen MR) is 99.6 cm³/mol. The zero-order valence-electron chi connectivity index (χ0n) is 15.5. The summed E-state index contributed by atoms with van der Waals surface area (Å²) in [6, 6.07) is 15.5. The molecule has 0 aliphatic carbocycles. The van der Waals surface area contributed by atoms with Crippen LogP contribution in [0.25, 0.3) is 11.1 Å². The summed E-state index contributed by atoms with van der Waals surface area (Å²) in [6.07, 6.45) is 2.06. The molecule has 5 heteroatoms. The Bertz CT molecular complexity index is 798. The van der Waals surface area contributed by atoms with E-state index in [-0.39, 0.29) is 11.2 Å². The molecular formula is C22H23FO4. The van der Waals surface area contributed by atoms with Gasteiger partial charge in [0.15, 0.2) is 0 Å². The Morgan fingerprint density at radius 1 is 0.963 bits per heavy atom. The first-order chi connectivity index (χ1) is 13.0. The third-order valence-corrected chi connectivity index (χ3v) is 5.24. The van der Waals surface area contributed by atoms with Crippen LogP contribution in [0, 0.1) is 5.41 Å². The molecule has 0 atom stereocenters. The number of ether oxygens (including phenoxy) is 4. The molecule has 2 aromatic rings. The fourth-order valence-electron chi connectivity index (χ4n) is 3.29. The van der Waals surface area contributed by atoms with Gasteiger partial charge in [0, 0.05) is 11.0 Å². The Morgan fingerprint density at radius 3 is 1.96 bits per heavy atom. The molecule has 3 fully saturated rings. The van der Waals surface area contributed by atoms with Crippen LogP contribution in [0.15, 0.2) is 60.6 Å². The van der Waals surface area contributed by atoms with E-state index in [0.29, 0.717) is 25.6 Å². The molecule has 0 amide bonds. The van der Waals surface area contributed by atoms with Crippen LogP contribution in [0.1, 0.15) is 25.8 Å². The predicted octanol–water partition coefficient (Wildman–Crippen LogP) is 5.15. The van der Waals surface area contributed by atoms with Gasteiger partial charge in [0.25, 0.3) is 0 Å². The second-order valence-corrected chi connectivity index (χ2v) is 7.20. The van der Waals surface area contributed by atoms with Crippen molar-refractivity contribution in [1.82, 2.24) is 0 Å². The van der Waals surface area contributed by atoms with Crippen molar-refractivity contribution in [1.29, 1.82) is 0 Å². The Hall–Kier alpha value is -2.21. The molecule has 0 N–H and O–H groups in total. The van der Waals surface area contributed by atoms with Gasteiger partial charge in [-0.15, -0.1) is 0 Å². The van der Waals surface area contributed by atoms with Gasteiger partial charge < -0.3 is 18.9 Å². The molecular weight excluding hydrogens is 347 g/mol. The van der Waals surface area contributed by atoms with Crippen LogP contribution in [0.3, 0.4) is 0 Å². The Morgan fingerprint density at radius 2 is 1.48 bits per heavy atom. The molecule has 0 radical (unpaired) electrons. The Balaban J connectivity index is 1.49. The van der Waals surface area contributed by atoms with Crippen molar-refractivity contribution in [2.24, 2.45) is 5.41 Å². The fourth-order valence-corrected chi connectivity index (χ4v) is 3.29. The normalized spacial score (nSPS) is 27.6. The lowest BCUT2D eigenvalue weighted by Gasteiger charge is -2.51. The van der Waals surface area contributed by atoms with Crippen LogP contribution < -0.4 is 4.74 Å². The topological polar surface area (TPSA) is 36.9 Å². The van der Waals surface area contributed by atoms with Crippen molar-refractivity contribution in [2.45, 2.75) is 26.2 Å². The van der Waals surface area contributed by atoms with Gasteiger partial charge in [-0.3, -0.25) is 0 Å². The first-order valence-corrected chi connectivity index (χ1v) is 9.16. The van der Waals surface area contributed by atoms with Crippen molar-refractivity contribution in [3.8, 4) is 16.9 Å². The number of hydrogen-bond donors (Lipinski definition) is 0. The van der Waals surface area contributed by atoms with Crippen LogP contribution in [-0.4, -0.2) is 19.8 Å². The van der Waals surface area contributed by atoms with E-state index >= 15 is 0 Å². The van der Waals surface area contributed by atoms with E-state index in [0.717, 1.165) is 29.4 Å². The fraction of sp³-hybridized carbons (Fsp3) is 0.364. The Kier molecular flexibility index (Phi) is 4.76. The molecule has 3 saturated heterocycles. The summed E-state index contributed by atoms with van der Waals surface area (Å²) in [5.41, 5.74) is 2.93. The number of fused-ring (bicyclic) bond motifs is 3. The summed E-state index contributed by atoms with van der Waals surface area (Å²) in [5, 5.41) is 0. The van der Waals surface area contributed by atoms with Gasteiger partial charge in [0.1, 0.15) is 17.8 Å². The van der Waals surface area contributed by atoms with Crippen molar-refractivity contribution >= 4 is 0 Å². The maximum absolute atomic E-state index is 12.7. The van der Waals surface area contributed by atoms with Gasteiger partial charge in [0.2, 0.25) is 0 Å². The smallest absolute Gasteiger partial charge is 0.312 e. The third-order valence-electron chi connectivity index (χ3n) is 5.24. The minimum absolute atomic E-state index is 0.0125. The van der Waals surface area contributed by atoms with Gasteiger partial charge in [-0.25, -0.2) is 4.39 Å². The van der Waals surface area contributed by atoms with E-state index in [9.17, 15) is 4.39 Å². The van der Waals surface area contributed by atoms with E-state index in [1.54, 1.807) is 0 Å².